The van der Waals surface area contributed by atoms with Gasteiger partial charge in [0.2, 0.25) is 5.91 Å². The second-order valence-corrected chi connectivity index (χ2v) is 7.42. The van der Waals surface area contributed by atoms with Crippen LogP contribution in [0.25, 0.3) is 0 Å². The lowest BCUT2D eigenvalue weighted by Crippen LogP contribution is -2.45. The van der Waals surface area contributed by atoms with Gasteiger partial charge in [0.1, 0.15) is 0 Å². The summed E-state index contributed by atoms with van der Waals surface area (Å²) in [6.07, 6.45) is 13.5. The fraction of sp³-hybridized carbons (Fsp3) is 0.700. The number of amides is 1. The van der Waals surface area contributed by atoms with Gasteiger partial charge in [-0.15, -0.1) is 0 Å². The lowest BCUT2D eigenvalue weighted by atomic mass is 9.90. The van der Waals surface area contributed by atoms with Crippen molar-refractivity contribution in [3.63, 3.8) is 0 Å². The first-order chi connectivity index (χ1) is 12.3. The minimum atomic E-state index is 0.214. The number of nitrogens with zero attached hydrogens (tertiary/aromatic N) is 2. The first-order valence-corrected chi connectivity index (χ1v) is 9.98. The van der Waals surface area contributed by atoms with Crippen LogP contribution in [0.4, 0.5) is 5.69 Å². The molecule has 2 aliphatic rings. The van der Waals surface area contributed by atoms with Gasteiger partial charge in [-0.25, -0.2) is 0 Å². The van der Waals surface area contributed by atoms with E-state index in [0.717, 1.165) is 57.2 Å². The topological polar surface area (TPSA) is 57.3 Å². The average molecular weight is 345 g/mol. The molecule has 25 heavy (non-hydrogen) atoms. The van der Waals surface area contributed by atoms with E-state index in [-0.39, 0.29) is 11.8 Å². The normalized spacial score (nSPS) is 20.3. The van der Waals surface area contributed by atoms with Crippen LogP contribution in [0.5, 0.6) is 0 Å². The highest BCUT2D eigenvalue weighted by molar-refractivity contribution is 5.78. The number of hydrogen-bond acceptors (Lipinski definition) is 4. The molecule has 0 spiro atoms. The third kappa shape index (κ3) is 5.70. The SMILES string of the molecule is O=C(NCCCNc1cccnc1)C1CCN(C2CCCCC2)CC1. The van der Waals surface area contributed by atoms with Gasteiger partial charge in [-0.3, -0.25) is 9.78 Å². The highest BCUT2D eigenvalue weighted by Gasteiger charge is 2.29. The van der Waals surface area contributed by atoms with E-state index in [1.807, 2.05) is 18.3 Å². The van der Waals surface area contributed by atoms with Crippen molar-refractivity contribution in [1.29, 1.82) is 0 Å². The van der Waals surface area contributed by atoms with Crippen molar-refractivity contribution in [1.82, 2.24) is 15.2 Å². The number of nitrogens with one attached hydrogen (secondary N) is 2. The van der Waals surface area contributed by atoms with Crippen LogP contribution in [-0.4, -0.2) is 48.0 Å². The Kier molecular flexibility index (Phi) is 7.10. The van der Waals surface area contributed by atoms with Crippen LogP contribution in [0.15, 0.2) is 24.5 Å². The standard InChI is InChI=1S/C20H32N4O/c25-20(23-13-5-12-22-18-6-4-11-21-16-18)17-9-14-24(15-10-17)19-7-2-1-3-8-19/h4,6,11,16-17,19,22H,1-3,5,7-10,12-15H2,(H,23,25). The predicted molar refractivity (Wildman–Crippen MR) is 102 cm³/mol. The fourth-order valence-electron chi connectivity index (χ4n) is 4.12. The van der Waals surface area contributed by atoms with Crippen molar-refractivity contribution in [3.8, 4) is 0 Å². The summed E-state index contributed by atoms with van der Waals surface area (Å²) in [5.74, 6) is 0.468. The molecule has 2 N–H and O–H groups in total. The summed E-state index contributed by atoms with van der Waals surface area (Å²) >= 11 is 0. The van der Waals surface area contributed by atoms with Crippen molar-refractivity contribution >= 4 is 11.6 Å². The number of rotatable bonds is 7. The van der Waals surface area contributed by atoms with E-state index in [0.29, 0.717) is 0 Å². The van der Waals surface area contributed by atoms with Gasteiger partial charge in [0.15, 0.2) is 0 Å². The molecule has 1 aliphatic carbocycles. The molecule has 1 aromatic rings. The average Bonchev–Trinajstić information content (AvgIpc) is 2.69. The summed E-state index contributed by atoms with van der Waals surface area (Å²) in [5.41, 5.74) is 1.03. The van der Waals surface area contributed by atoms with E-state index in [4.69, 9.17) is 0 Å². The van der Waals surface area contributed by atoms with Crippen LogP contribution < -0.4 is 10.6 Å². The minimum Gasteiger partial charge on any atom is -0.384 e. The van der Waals surface area contributed by atoms with E-state index < -0.39 is 0 Å². The van der Waals surface area contributed by atoms with Crippen molar-refractivity contribution in [3.05, 3.63) is 24.5 Å². The number of carbonyl (C=O) groups is 1. The predicted octanol–water partition coefficient (Wildman–Crippen LogP) is 3.04. The Hall–Kier alpha value is -1.62. The van der Waals surface area contributed by atoms with Crippen molar-refractivity contribution in [2.45, 2.75) is 57.4 Å². The number of piperidine rings is 1. The summed E-state index contributed by atoms with van der Waals surface area (Å²) in [7, 11) is 0. The maximum atomic E-state index is 12.4. The Labute approximate surface area is 151 Å². The summed E-state index contributed by atoms with van der Waals surface area (Å²) in [5, 5.41) is 6.44. The summed E-state index contributed by atoms with van der Waals surface area (Å²) < 4.78 is 0. The lowest BCUT2D eigenvalue weighted by molar-refractivity contribution is -0.126. The van der Waals surface area contributed by atoms with Crippen molar-refractivity contribution < 1.29 is 4.79 Å². The monoisotopic (exact) mass is 344 g/mol. The van der Waals surface area contributed by atoms with Crippen LogP contribution >= 0.6 is 0 Å². The van der Waals surface area contributed by atoms with Crippen LogP contribution in [0, 0.1) is 5.92 Å². The molecule has 2 heterocycles. The molecular weight excluding hydrogens is 312 g/mol. The van der Waals surface area contributed by atoms with E-state index in [1.54, 1.807) is 6.20 Å². The van der Waals surface area contributed by atoms with E-state index >= 15 is 0 Å². The number of hydrogen-bond donors (Lipinski definition) is 2. The molecule has 0 aromatic carbocycles. The molecule has 1 aliphatic heterocycles. The number of carbonyl (C=O) groups excluding carboxylic acids is 1. The van der Waals surface area contributed by atoms with Gasteiger partial charge in [0.25, 0.3) is 0 Å². The third-order valence-corrected chi connectivity index (χ3v) is 5.63. The number of anilines is 1. The van der Waals surface area contributed by atoms with Crippen molar-refractivity contribution in [2.24, 2.45) is 5.92 Å². The quantitative estimate of drug-likeness (QED) is 0.747. The summed E-state index contributed by atoms with van der Waals surface area (Å²) in [4.78, 5) is 19.1. The Bertz CT molecular complexity index is 508. The van der Waals surface area contributed by atoms with Crippen LogP contribution in [0.3, 0.4) is 0 Å². The molecule has 1 aromatic heterocycles. The molecule has 5 nitrogen and oxygen atoms in total. The third-order valence-electron chi connectivity index (χ3n) is 5.63. The first kappa shape index (κ1) is 18.2. The van der Waals surface area contributed by atoms with E-state index in [9.17, 15) is 4.79 Å². The van der Waals surface area contributed by atoms with Crippen LogP contribution in [-0.2, 0) is 4.79 Å². The van der Waals surface area contributed by atoms with E-state index in [1.165, 1.54) is 32.1 Å². The number of likely N-dealkylation sites (tertiary alicyclic amines) is 1. The second kappa shape index (κ2) is 9.76. The molecule has 1 amide bonds. The van der Waals surface area contributed by atoms with Gasteiger partial charge in [0.05, 0.1) is 5.69 Å². The summed E-state index contributed by atoms with van der Waals surface area (Å²) in [6, 6.07) is 4.71. The smallest absolute Gasteiger partial charge is 0.223 e. The molecule has 0 unspecified atom stereocenters. The largest absolute Gasteiger partial charge is 0.384 e. The lowest BCUT2D eigenvalue weighted by Gasteiger charge is -2.38. The molecule has 138 valence electrons. The molecule has 0 radical (unpaired) electrons. The van der Waals surface area contributed by atoms with Crippen molar-refractivity contribution in [2.75, 3.05) is 31.5 Å². The molecular formula is C20H32N4O. The zero-order valence-corrected chi connectivity index (χ0v) is 15.3. The van der Waals surface area contributed by atoms with Gasteiger partial charge in [0, 0.05) is 37.4 Å². The maximum Gasteiger partial charge on any atom is 0.223 e. The first-order valence-electron chi connectivity index (χ1n) is 9.98. The highest BCUT2D eigenvalue weighted by atomic mass is 16.1. The molecule has 5 heteroatoms. The Morgan fingerprint density at radius 2 is 1.92 bits per heavy atom. The molecule has 3 rings (SSSR count). The van der Waals surface area contributed by atoms with Gasteiger partial charge in [-0.1, -0.05) is 19.3 Å². The molecule has 0 bridgehead atoms. The molecule has 0 atom stereocenters. The number of aromatic nitrogens is 1. The summed E-state index contributed by atoms with van der Waals surface area (Å²) in [6.45, 7) is 3.80. The van der Waals surface area contributed by atoms with Gasteiger partial charge in [-0.05, 0) is 57.3 Å². The zero-order chi connectivity index (χ0) is 17.3. The van der Waals surface area contributed by atoms with E-state index in [2.05, 4.69) is 20.5 Å². The van der Waals surface area contributed by atoms with Crippen LogP contribution in [0.2, 0.25) is 0 Å². The van der Waals surface area contributed by atoms with Gasteiger partial charge >= 0.3 is 0 Å². The van der Waals surface area contributed by atoms with Gasteiger partial charge in [-0.2, -0.15) is 0 Å². The Balaban J connectivity index is 1.27. The Morgan fingerprint density at radius 1 is 1.12 bits per heavy atom. The molecule has 2 fully saturated rings. The zero-order valence-electron chi connectivity index (χ0n) is 15.3. The maximum absolute atomic E-state index is 12.4. The fourth-order valence-corrected chi connectivity index (χ4v) is 4.12. The Morgan fingerprint density at radius 3 is 2.64 bits per heavy atom. The molecule has 1 saturated heterocycles. The van der Waals surface area contributed by atoms with Crippen LogP contribution in [0.1, 0.15) is 51.4 Å². The minimum absolute atomic E-state index is 0.214. The second-order valence-electron chi connectivity index (χ2n) is 7.42. The van der Waals surface area contributed by atoms with Gasteiger partial charge < -0.3 is 15.5 Å². The molecule has 1 saturated carbocycles. The highest BCUT2D eigenvalue weighted by Crippen LogP contribution is 2.27. The number of pyridine rings is 1.